The minimum Gasteiger partial charge on any atom is -0.344 e. The maximum Gasteiger partial charge on any atom is 0.313 e. The Bertz CT molecular complexity index is 609. The van der Waals surface area contributed by atoms with Gasteiger partial charge >= 0.3 is 11.8 Å². The number of nitrogens with one attached hydrogen (secondary N) is 2. The van der Waals surface area contributed by atoms with Crippen LogP contribution < -0.4 is 10.6 Å². The van der Waals surface area contributed by atoms with Crippen molar-refractivity contribution >= 4 is 17.5 Å². The monoisotopic (exact) mass is 268 g/mol. The summed E-state index contributed by atoms with van der Waals surface area (Å²) in [6.45, 7) is 2.26. The van der Waals surface area contributed by atoms with Gasteiger partial charge in [-0.05, 0) is 30.2 Å². The first kappa shape index (κ1) is 13.8. The van der Waals surface area contributed by atoms with Gasteiger partial charge in [0.2, 0.25) is 0 Å². The van der Waals surface area contributed by atoms with Crippen LogP contribution in [0.15, 0.2) is 54.6 Å². The quantitative estimate of drug-likeness (QED) is 0.839. The van der Waals surface area contributed by atoms with Crippen LogP contribution >= 0.6 is 0 Å². The Kier molecular flexibility index (Phi) is 4.50. The average Bonchev–Trinajstić information content (AvgIpc) is 2.46. The lowest BCUT2D eigenvalue weighted by atomic mass is 10.2. The van der Waals surface area contributed by atoms with Crippen molar-refractivity contribution in [1.29, 1.82) is 0 Å². The van der Waals surface area contributed by atoms with Gasteiger partial charge in [0.05, 0.1) is 0 Å². The van der Waals surface area contributed by atoms with E-state index in [0.29, 0.717) is 12.2 Å². The van der Waals surface area contributed by atoms with Crippen molar-refractivity contribution in [3.63, 3.8) is 0 Å². The summed E-state index contributed by atoms with van der Waals surface area (Å²) in [5.74, 6) is -1.30. The Balaban J connectivity index is 1.88. The van der Waals surface area contributed by atoms with E-state index < -0.39 is 11.8 Å². The molecule has 20 heavy (non-hydrogen) atoms. The molecule has 2 aromatic carbocycles. The lowest BCUT2D eigenvalue weighted by Gasteiger charge is -2.07. The van der Waals surface area contributed by atoms with E-state index in [0.717, 1.165) is 11.1 Å². The lowest BCUT2D eigenvalue weighted by molar-refractivity contribution is -0.136. The molecule has 0 atom stereocenters. The number of amides is 2. The minimum atomic E-state index is -0.661. The van der Waals surface area contributed by atoms with Crippen molar-refractivity contribution in [2.45, 2.75) is 13.5 Å². The first-order chi connectivity index (χ1) is 9.65. The lowest BCUT2D eigenvalue weighted by Crippen LogP contribution is -2.34. The van der Waals surface area contributed by atoms with Crippen LogP contribution in [0, 0.1) is 6.92 Å². The Labute approximate surface area is 117 Å². The molecule has 0 spiro atoms. The van der Waals surface area contributed by atoms with E-state index in [1.165, 1.54) is 0 Å². The second-order valence-electron chi connectivity index (χ2n) is 4.49. The van der Waals surface area contributed by atoms with Gasteiger partial charge in [-0.2, -0.15) is 0 Å². The average molecular weight is 268 g/mol. The molecule has 4 nitrogen and oxygen atoms in total. The van der Waals surface area contributed by atoms with Gasteiger partial charge in [-0.25, -0.2) is 0 Å². The van der Waals surface area contributed by atoms with E-state index in [9.17, 15) is 9.59 Å². The molecule has 4 heteroatoms. The van der Waals surface area contributed by atoms with E-state index in [2.05, 4.69) is 10.6 Å². The van der Waals surface area contributed by atoms with Crippen LogP contribution in [0.1, 0.15) is 11.1 Å². The molecule has 0 fully saturated rings. The van der Waals surface area contributed by atoms with Crippen LogP contribution in [0.2, 0.25) is 0 Å². The predicted octanol–water partition coefficient (Wildman–Crippen LogP) is 2.25. The van der Waals surface area contributed by atoms with Crippen molar-refractivity contribution in [3.8, 4) is 0 Å². The van der Waals surface area contributed by atoms with Crippen molar-refractivity contribution < 1.29 is 9.59 Å². The maximum absolute atomic E-state index is 11.7. The van der Waals surface area contributed by atoms with E-state index in [1.54, 1.807) is 6.07 Å². The second kappa shape index (κ2) is 6.52. The van der Waals surface area contributed by atoms with Crippen LogP contribution in [0.4, 0.5) is 5.69 Å². The largest absolute Gasteiger partial charge is 0.344 e. The third-order valence-electron chi connectivity index (χ3n) is 2.78. The highest BCUT2D eigenvalue weighted by Crippen LogP contribution is 2.09. The number of hydrogen-bond donors (Lipinski definition) is 2. The number of anilines is 1. The molecule has 102 valence electrons. The molecule has 0 heterocycles. The number of carbonyl (C=O) groups excluding carboxylic acids is 2. The third-order valence-corrected chi connectivity index (χ3v) is 2.78. The maximum atomic E-state index is 11.7. The Morgan fingerprint density at radius 1 is 0.950 bits per heavy atom. The van der Waals surface area contributed by atoms with E-state index in [1.807, 2.05) is 55.5 Å². The highest BCUT2D eigenvalue weighted by atomic mass is 16.2. The number of benzene rings is 2. The van der Waals surface area contributed by atoms with E-state index in [-0.39, 0.29) is 0 Å². The van der Waals surface area contributed by atoms with Crippen molar-refractivity contribution in [2.75, 3.05) is 5.32 Å². The molecule has 0 radical (unpaired) electrons. The molecule has 0 saturated carbocycles. The first-order valence-corrected chi connectivity index (χ1v) is 6.35. The highest BCUT2D eigenvalue weighted by Gasteiger charge is 2.13. The summed E-state index contributed by atoms with van der Waals surface area (Å²) >= 11 is 0. The second-order valence-corrected chi connectivity index (χ2v) is 4.49. The zero-order chi connectivity index (χ0) is 14.4. The molecule has 0 aliphatic heterocycles. The summed E-state index contributed by atoms with van der Waals surface area (Å²) < 4.78 is 0. The summed E-state index contributed by atoms with van der Waals surface area (Å²) in [4.78, 5) is 23.4. The van der Waals surface area contributed by atoms with Gasteiger partial charge < -0.3 is 10.6 Å². The van der Waals surface area contributed by atoms with Gasteiger partial charge in [0.1, 0.15) is 0 Å². The molecular weight excluding hydrogens is 252 g/mol. The fourth-order valence-corrected chi connectivity index (χ4v) is 1.77. The standard InChI is InChI=1S/C16H16N2O2/c1-12-6-5-9-14(10-12)18-16(20)15(19)17-11-13-7-3-2-4-8-13/h2-10H,11H2,1H3,(H,17,19)(H,18,20). The summed E-state index contributed by atoms with van der Waals surface area (Å²) in [5.41, 5.74) is 2.58. The molecule has 0 aliphatic carbocycles. The molecule has 0 aliphatic rings. The van der Waals surface area contributed by atoms with Crippen molar-refractivity contribution in [1.82, 2.24) is 5.32 Å². The van der Waals surface area contributed by atoms with Crippen molar-refractivity contribution in [2.24, 2.45) is 0 Å². The third kappa shape index (κ3) is 3.95. The zero-order valence-electron chi connectivity index (χ0n) is 11.2. The number of rotatable bonds is 3. The molecule has 0 saturated heterocycles. The molecular formula is C16H16N2O2. The molecule has 0 unspecified atom stereocenters. The van der Waals surface area contributed by atoms with E-state index >= 15 is 0 Å². The van der Waals surface area contributed by atoms with Gasteiger partial charge in [0, 0.05) is 12.2 Å². The normalized spacial score (nSPS) is 9.85. The Hall–Kier alpha value is -2.62. The molecule has 2 aromatic rings. The van der Waals surface area contributed by atoms with E-state index in [4.69, 9.17) is 0 Å². The smallest absolute Gasteiger partial charge is 0.313 e. The fraction of sp³-hybridized carbons (Fsp3) is 0.125. The molecule has 0 bridgehead atoms. The number of hydrogen-bond acceptors (Lipinski definition) is 2. The van der Waals surface area contributed by atoms with Gasteiger partial charge in [-0.1, -0.05) is 42.5 Å². The summed E-state index contributed by atoms with van der Waals surface area (Å²) in [6, 6.07) is 16.7. The summed E-state index contributed by atoms with van der Waals surface area (Å²) in [7, 11) is 0. The topological polar surface area (TPSA) is 58.2 Å². The predicted molar refractivity (Wildman–Crippen MR) is 78.1 cm³/mol. The first-order valence-electron chi connectivity index (χ1n) is 6.35. The molecule has 0 aromatic heterocycles. The number of carbonyl (C=O) groups is 2. The fourth-order valence-electron chi connectivity index (χ4n) is 1.77. The van der Waals surface area contributed by atoms with Crippen LogP contribution in [-0.4, -0.2) is 11.8 Å². The Morgan fingerprint density at radius 2 is 1.70 bits per heavy atom. The van der Waals surface area contributed by atoms with Gasteiger partial charge in [-0.15, -0.1) is 0 Å². The van der Waals surface area contributed by atoms with Crippen LogP contribution in [0.25, 0.3) is 0 Å². The minimum absolute atomic E-state index is 0.334. The van der Waals surface area contributed by atoms with Gasteiger partial charge in [0.15, 0.2) is 0 Å². The van der Waals surface area contributed by atoms with Gasteiger partial charge in [0.25, 0.3) is 0 Å². The molecule has 2 N–H and O–H groups in total. The Morgan fingerprint density at radius 3 is 2.40 bits per heavy atom. The summed E-state index contributed by atoms with van der Waals surface area (Å²) in [5, 5.41) is 5.15. The van der Waals surface area contributed by atoms with Crippen LogP contribution in [0.5, 0.6) is 0 Å². The van der Waals surface area contributed by atoms with Crippen LogP contribution in [0.3, 0.4) is 0 Å². The highest BCUT2D eigenvalue weighted by molar-refractivity contribution is 6.39. The van der Waals surface area contributed by atoms with Crippen LogP contribution in [-0.2, 0) is 16.1 Å². The van der Waals surface area contributed by atoms with Crippen molar-refractivity contribution in [3.05, 3.63) is 65.7 Å². The SMILES string of the molecule is Cc1cccc(NC(=O)C(=O)NCc2ccccc2)c1. The molecule has 2 rings (SSSR count). The van der Waals surface area contributed by atoms with Gasteiger partial charge in [-0.3, -0.25) is 9.59 Å². The molecule has 2 amide bonds. The zero-order valence-corrected chi connectivity index (χ0v) is 11.2. The number of aryl methyl sites for hydroxylation is 1. The summed E-state index contributed by atoms with van der Waals surface area (Å²) in [6.07, 6.45) is 0.